The van der Waals surface area contributed by atoms with Crippen molar-refractivity contribution in [3.05, 3.63) is 64.7 Å². The predicted octanol–water partition coefficient (Wildman–Crippen LogP) is 2.70. The molecular formula is C18H19N3O3. The van der Waals surface area contributed by atoms with Gasteiger partial charge in [-0.2, -0.15) is 0 Å². The summed E-state index contributed by atoms with van der Waals surface area (Å²) in [5.74, 6) is -0.530. The molecule has 3 N–H and O–H groups in total. The van der Waals surface area contributed by atoms with Crippen LogP contribution in [0.1, 0.15) is 27.0 Å². The van der Waals surface area contributed by atoms with Gasteiger partial charge in [0.25, 0.3) is 5.91 Å². The van der Waals surface area contributed by atoms with Gasteiger partial charge in [-0.3, -0.25) is 10.0 Å². The lowest BCUT2D eigenvalue weighted by molar-refractivity contribution is 0.0706. The Balaban J connectivity index is 1.70. The molecule has 3 rings (SSSR count). The molecular weight excluding hydrogens is 306 g/mol. The average Bonchev–Trinajstić information content (AvgIpc) is 2.60. The molecule has 0 fully saturated rings. The molecule has 0 saturated carbocycles. The molecule has 0 atom stereocenters. The number of rotatable bonds is 2. The standard InChI is InChI=1S/C18H19N3O3/c1-12-3-2-4-16(9-12)19-18(23)21-8-7-13-10-14(17(22)20-24)5-6-15(13)11-21/h2-6,9-10,24H,7-8,11H2,1H3,(H,19,23)(H,20,22). The van der Waals surface area contributed by atoms with E-state index >= 15 is 0 Å². The summed E-state index contributed by atoms with van der Waals surface area (Å²) >= 11 is 0. The molecule has 0 radical (unpaired) electrons. The molecule has 0 aliphatic carbocycles. The number of nitrogens with zero attached hydrogens (tertiary/aromatic N) is 1. The maximum atomic E-state index is 12.4. The molecule has 1 aliphatic rings. The van der Waals surface area contributed by atoms with Crippen molar-refractivity contribution >= 4 is 17.6 Å². The highest BCUT2D eigenvalue weighted by Gasteiger charge is 2.21. The molecule has 24 heavy (non-hydrogen) atoms. The Morgan fingerprint density at radius 2 is 1.96 bits per heavy atom. The Morgan fingerprint density at radius 3 is 2.71 bits per heavy atom. The second kappa shape index (κ2) is 6.72. The average molecular weight is 325 g/mol. The Kier molecular flexibility index (Phi) is 4.48. The summed E-state index contributed by atoms with van der Waals surface area (Å²) < 4.78 is 0. The molecule has 3 amide bonds. The van der Waals surface area contributed by atoms with Gasteiger partial charge in [-0.25, -0.2) is 10.3 Å². The third-order valence-corrected chi connectivity index (χ3v) is 4.14. The minimum atomic E-state index is -0.530. The van der Waals surface area contributed by atoms with Crippen molar-refractivity contribution < 1.29 is 14.8 Å². The van der Waals surface area contributed by atoms with Gasteiger partial charge in [-0.15, -0.1) is 0 Å². The number of anilines is 1. The highest BCUT2D eigenvalue weighted by Crippen LogP contribution is 2.21. The number of benzene rings is 2. The van der Waals surface area contributed by atoms with Crippen LogP contribution < -0.4 is 10.8 Å². The van der Waals surface area contributed by atoms with E-state index < -0.39 is 5.91 Å². The number of hydroxylamine groups is 1. The van der Waals surface area contributed by atoms with Crippen LogP contribution in [-0.4, -0.2) is 28.6 Å². The molecule has 124 valence electrons. The fourth-order valence-corrected chi connectivity index (χ4v) is 2.86. The van der Waals surface area contributed by atoms with Crippen molar-refractivity contribution in [1.29, 1.82) is 0 Å². The first-order chi connectivity index (χ1) is 11.6. The second-order valence-corrected chi connectivity index (χ2v) is 5.90. The van der Waals surface area contributed by atoms with Crippen molar-refractivity contribution in [3.8, 4) is 0 Å². The zero-order valence-electron chi connectivity index (χ0n) is 13.4. The van der Waals surface area contributed by atoms with Crippen molar-refractivity contribution in [2.45, 2.75) is 19.9 Å². The van der Waals surface area contributed by atoms with E-state index in [4.69, 9.17) is 5.21 Å². The molecule has 1 aliphatic heterocycles. The fraction of sp³-hybridized carbons (Fsp3) is 0.222. The van der Waals surface area contributed by atoms with Crippen molar-refractivity contribution in [2.75, 3.05) is 11.9 Å². The number of amides is 3. The summed E-state index contributed by atoms with van der Waals surface area (Å²) in [7, 11) is 0. The van der Waals surface area contributed by atoms with Gasteiger partial charge in [0.1, 0.15) is 0 Å². The highest BCUT2D eigenvalue weighted by atomic mass is 16.5. The van der Waals surface area contributed by atoms with Crippen LogP contribution >= 0.6 is 0 Å². The van der Waals surface area contributed by atoms with E-state index in [2.05, 4.69) is 5.32 Å². The number of carbonyl (C=O) groups is 2. The predicted molar refractivity (Wildman–Crippen MR) is 90.0 cm³/mol. The zero-order valence-corrected chi connectivity index (χ0v) is 13.4. The van der Waals surface area contributed by atoms with Crippen LogP contribution in [0.2, 0.25) is 0 Å². The summed E-state index contributed by atoms with van der Waals surface area (Å²) in [6, 6.07) is 12.8. The van der Waals surface area contributed by atoms with Crippen molar-refractivity contribution in [3.63, 3.8) is 0 Å². The molecule has 0 bridgehead atoms. The number of nitrogens with one attached hydrogen (secondary N) is 2. The third kappa shape index (κ3) is 3.38. The molecule has 1 heterocycles. The van der Waals surface area contributed by atoms with Crippen LogP contribution in [0.3, 0.4) is 0 Å². The van der Waals surface area contributed by atoms with E-state index in [1.54, 1.807) is 22.5 Å². The molecule has 2 aromatic carbocycles. The van der Waals surface area contributed by atoms with Gasteiger partial charge in [0.15, 0.2) is 0 Å². The van der Waals surface area contributed by atoms with E-state index in [1.807, 2.05) is 37.3 Å². The van der Waals surface area contributed by atoms with Gasteiger partial charge in [-0.05, 0) is 54.3 Å². The monoisotopic (exact) mass is 325 g/mol. The molecule has 0 aromatic heterocycles. The van der Waals surface area contributed by atoms with Crippen molar-refractivity contribution in [2.24, 2.45) is 0 Å². The number of hydrogen-bond acceptors (Lipinski definition) is 3. The van der Waals surface area contributed by atoms with Crippen LogP contribution in [0.15, 0.2) is 42.5 Å². The summed E-state index contributed by atoms with van der Waals surface area (Å²) in [6.07, 6.45) is 0.670. The fourth-order valence-electron chi connectivity index (χ4n) is 2.86. The number of urea groups is 1. The Morgan fingerprint density at radius 1 is 1.12 bits per heavy atom. The van der Waals surface area contributed by atoms with Gasteiger partial charge in [0, 0.05) is 24.3 Å². The molecule has 6 heteroatoms. The van der Waals surface area contributed by atoms with Crippen LogP contribution in [0, 0.1) is 6.92 Å². The summed E-state index contributed by atoms with van der Waals surface area (Å²) in [4.78, 5) is 25.6. The van der Waals surface area contributed by atoms with Gasteiger partial charge in [0.2, 0.25) is 0 Å². The Labute approximate surface area is 140 Å². The lowest BCUT2D eigenvalue weighted by atomic mass is 9.97. The van der Waals surface area contributed by atoms with E-state index in [0.29, 0.717) is 25.1 Å². The van der Waals surface area contributed by atoms with E-state index in [-0.39, 0.29) is 6.03 Å². The van der Waals surface area contributed by atoms with Gasteiger partial charge < -0.3 is 10.2 Å². The summed E-state index contributed by atoms with van der Waals surface area (Å²) in [5.41, 5.74) is 5.95. The Bertz CT molecular complexity index is 789. The van der Waals surface area contributed by atoms with Crippen LogP contribution in [0.25, 0.3) is 0 Å². The maximum absolute atomic E-state index is 12.4. The maximum Gasteiger partial charge on any atom is 0.322 e. The first-order valence-electron chi connectivity index (χ1n) is 7.75. The summed E-state index contributed by atoms with van der Waals surface area (Å²) in [6.45, 7) is 3.05. The van der Waals surface area contributed by atoms with E-state index in [9.17, 15) is 9.59 Å². The van der Waals surface area contributed by atoms with Crippen LogP contribution in [-0.2, 0) is 13.0 Å². The SMILES string of the molecule is Cc1cccc(NC(=O)N2CCc3cc(C(=O)NO)ccc3C2)c1. The minimum absolute atomic E-state index is 0.136. The third-order valence-electron chi connectivity index (χ3n) is 4.14. The number of fused-ring (bicyclic) bond motifs is 1. The lowest BCUT2D eigenvalue weighted by Gasteiger charge is -2.29. The molecule has 0 saturated heterocycles. The highest BCUT2D eigenvalue weighted by molar-refractivity contribution is 5.93. The Hall–Kier alpha value is -2.86. The molecule has 2 aromatic rings. The van der Waals surface area contributed by atoms with E-state index in [0.717, 1.165) is 22.4 Å². The van der Waals surface area contributed by atoms with Gasteiger partial charge in [-0.1, -0.05) is 18.2 Å². The second-order valence-electron chi connectivity index (χ2n) is 5.90. The number of carbonyl (C=O) groups excluding carboxylic acids is 2. The normalized spacial score (nSPS) is 13.2. The minimum Gasteiger partial charge on any atom is -0.320 e. The topological polar surface area (TPSA) is 81.7 Å². The van der Waals surface area contributed by atoms with Gasteiger partial charge >= 0.3 is 6.03 Å². The number of aryl methyl sites for hydroxylation is 1. The van der Waals surface area contributed by atoms with E-state index in [1.165, 1.54) is 0 Å². The van der Waals surface area contributed by atoms with Crippen LogP contribution in [0.4, 0.5) is 10.5 Å². The van der Waals surface area contributed by atoms with Crippen LogP contribution in [0.5, 0.6) is 0 Å². The lowest BCUT2D eigenvalue weighted by Crippen LogP contribution is -2.39. The van der Waals surface area contributed by atoms with Gasteiger partial charge in [0.05, 0.1) is 0 Å². The molecule has 0 spiro atoms. The largest absolute Gasteiger partial charge is 0.322 e. The first-order valence-corrected chi connectivity index (χ1v) is 7.75. The molecule has 0 unspecified atom stereocenters. The quantitative estimate of drug-likeness (QED) is 0.586. The zero-order chi connectivity index (χ0) is 17.1. The first kappa shape index (κ1) is 16.0. The smallest absolute Gasteiger partial charge is 0.320 e. The summed E-state index contributed by atoms with van der Waals surface area (Å²) in [5, 5.41) is 11.6. The van der Waals surface area contributed by atoms with Crippen molar-refractivity contribution in [1.82, 2.24) is 10.4 Å². The number of hydrogen-bond donors (Lipinski definition) is 3. The molecule has 6 nitrogen and oxygen atoms in total.